The Morgan fingerprint density at radius 3 is 2.76 bits per heavy atom. The molecule has 8 nitrogen and oxygen atoms in total. The van der Waals surface area contributed by atoms with E-state index in [4.69, 9.17) is 15.0 Å². The number of nitrogens with zero attached hydrogens (tertiary/aromatic N) is 6. The molecule has 0 N–H and O–H groups in total. The van der Waals surface area contributed by atoms with Gasteiger partial charge in [0.15, 0.2) is 0 Å². The van der Waals surface area contributed by atoms with Gasteiger partial charge in [-0.15, -0.1) is 0 Å². The molecule has 1 fully saturated rings. The Hall–Kier alpha value is -3.29. The molecule has 33 heavy (non-hydrogen) atoms. The zero-order valence-corrected chi connectivity index (χ0v) is 19.7. The fourth-order valence-electron chi connectivity index (χ4n) is 5.01. The van der Waals surface area contributed by atoms with E-state index in [0.29, 0.717) is 13.0 Å². The fraction of sp³-hybridized carbons (Fsp3) is 0.480. The number of imidazole rings is 1. The summed E-state index contributed by atoms with van der Waals surface area (Å²) < 4.78 is 2.06. The number of para-hydroxylation sites is 2. The number of fused-ring (bicyclic) bond motifs is 2. The molecule has 0 radical (unpaired) electrons. The van der Waals surface area contributed by atoms with Gasteiger partial charge in [-0.25, -0.2) is 15.0 Å². The van der Waals surface area contributed by atoms with Crippen LogP contribution in [0.25, 0.3) is 11.0 Å². The average Bonchev–Trinajstić information content (AvgIpc) is 3.32. The zero-order valence-electron chi connectivity index (χ0n) is 19.7. The van der Waals surface area contributed by atoms with Crippen molar-refractivity contribution >= 4 is 28.7 Å². The number of hydrogen-bond donors (Lipinski definition) is 0. The van der Waals surface area contributed by atoms with Crippen molar-refractivity contribution in [3.8, 4) is 0 Å². The molecular weight excluding hydrogens is 416 g/mol. The second-order valence-corrected chi connectivity index (χ2v) is 9.48. The Bertz CT molecular complexity index is 1250. The van der Waals surface area contributed by atoms with E-state index in [1.165, 1.54) is 0 Å². The fourth-order valence-corrected chi connectivity index (χ4v) is 5.01. The summed E-state index contributed by atoms with van der Waals surface area (Å²) in [6.45, 7) is 7.77. The van der Waals surface area contributed by atoms with Gasteiger partial charge >= 0.3 is 0 Å². The van der Waals surface area contributed by atoms with E-state index in [1.807, 2.05) is 36.1 Å². The lowest BCUT2D eigenvalue weighted by molar-refractivity contribution is -0.133. The van der Waals surface area contributed by atoms with E-state index in [2.05, 4.69) is 18.4 Å². The number of anilines is 1. The molecule has 2 aliphatic rings. The van der Waals surface area contributed by atoms with E-state index >= 15 is 0 Å². The van der Waals surface area contributed by atoms with Crippen molar-refractivity contribution in [3.63, 3.8) is 0 Å². The van der Waals surface area contributed by atoms with Crippen molar-refractivity contribution < 1.29 is 9.59 Å². The molecule has 0 aliphatic carbocycles. The first-order chi connectivity index (χ1) is 15.8. The molecule has 2 aromatic heterocycles. The molecule has 4 heterocycles. The van der Waals surface area contributed by atoms with Crippen LogP contribution in [-0.4, -0.2) is 56.4 Å². The first-order valence-electron chi connectivity index (χ1n) is 11.7. The Morgan fingerprint density at radius 2 is 1.97 bits per heavy atom. The lowest BCUT2D eigenvalue weighted by Gasteiger charge is -2.32. The van der Waals surface area contributed by atoms with E-state index in [1.54, 1.807) is 11.9 Å². The number of aryl methyl sites for hydroxylation is 1. The number of amides is 2. The van der Waals surface area contributed by atoms with Crippen LogP contribution in [0.5, 0.6) is 0 Å². The standard InChI is InChI=1S/C25H30N6O2/c1-15(2)24-27-19-9-5-6-10-20(19)31(24)14-22(33)30-11-7-8-17(13-30)23-26-16(3)18-12-21(32)29(4)25(18)28-23/h5-6,9-10,15,17H,7-8,11-14H2,1-4H3/t17-/m0/s1. The third-order valence-electron chi connectivity index (χ3n) is 6.86. The second kappa shape index (κ2) is 8.24. The average molecular weight is 447 g/mol. The Labute approximate surface area is 193 Å². The maximum Gasteiger partial charge on any atom is 0.242 e. The topological polar surface area (TPSA) is 84.2 Å². The van der Waals surface area contributed by atoms with Crippen LogP contribution in [0.4, 0.5) is 5.82 Å². The van der Waals surface area contributed by atoms with E-state index in [0.717, 1.165) is 59.1 Å². The normalized spacial score (nSPS) is 18.5. The van der Waals surface area contributed by atoms with Crippen LogP contribution >= 0.6 is 0 Å². The van der Waals surface area contributed by atoms with E-state index in [9.17, 15) is 9.59 Å². The highest BCUT2D eigenvalue weighted by atomic mass is 16.2. The van der Waals surface area contributed by atoms with Crippen LogP contribution in [0.2, 0.25) is 0 Å². The number of rotatable bonds is 4. The molecule has 1 atom stereocenters. The SMILES string of the molecule is Cc1nc([C@H]2CCCN(C(=O)Cn3c(C(C)C)nc4ccccc43)C2)nc2c1CC(=O)N2C. The summed E-state index contributed by atoms with van der Waals surface area (Å²) in [6.07, 6.45) is 2.21. The number of carbonyl (C=O) groups is 2. The van der Waals surface area contributed by atoms with Crippen molar-refractivity contribution in [2.75, 3.05) is 25.0 Å². The summed E-state index contributed by atoms with van der Waals surface area (Å²) in [6, 6.07) is 7.99. The summed E-state index contributed by atoms with van der Waals surface area (Å²) in [7, 11) is 1.77. The summed E-state index contributed by atoms with van der Waals surface area (Å²) >= 11 is 0. The van der Waals surface area contributed by atoms with Crippen LogP contribution in [0.15, 0.2) is 24.3 Å². The Morgan fingerprint density at radius 1 is 1.18 bits per heavy atom. The highest BCUT2D eigenvalue weighted by Gasteiger charge is 2.32. The minimum Gasteiger partial charge on any atom is -0.340 e. The first kappa shape index (κ1) is 21.6. The van der Waals surface area contributed by atoms with Gasteiger partial charge in [0.25, 0.3) is 0 Å². The highest BCUT2D eigenvalue weighted by Crippen LogP contribution is 2.32. The molecule has 172 valence electrons. The number of benzene rings is 1. The molecule has 1 saturated heterocycles. The third kappa shape index (κ3) is 3.77. The van der Waals surface area contributed by atoms with Gasteiger partial charge in [0.1, 0.15) is 24.0 Å². The monoisotopic (exact) mass is 446 g/mol. The predicted octanol–water partition coefficient (Wildman–Crippen LogP) is 3.18. The van der Waals surface area contributed by atoms with Gasteiger partial charge in [-0.1, -0.05) is 26.0 Å². The Kier molecular flexibility index (Phi) is 5.38. The predicted molar refractivity (Wildman–Crippen MR) is 126 cm³/mol. The maximum atomic E-state index is 13.4. The number of likely N-dealkylation sites (tertiary alicyclic amines) is 1. The quantitative estimate of drug-likeness (QED) is 0.615. The Balaban J connectivity index is 1.38. The summed E-state index contributed by atoms with van der Waals surface area (Å²) in [4.78, 5) is 43.4. The van der Waals surface area contributed by atoms with Gasteiger partial charge in [-0.3, -0.25) is 14.5 Å². The van der Waals surface area contributed by atoms with Crippen molar-refractivity contribution in [2.24, 2.45) is 0 Å². The van der Waals surface area contributed by atoms with Gasteiger partial charge in [-0.2, -0.15) is 0 Å². The van der Waals surface area contributed by atoms with Crippen molar-refractivity contribution in [1.82, 2.24) is 24.4 Å². The van der Waals surface area contributed by atoms with Crippen LogP contribution in [0, 0.1) is 6.92 Å². The lowest BCUT2D eigenvalue weighted by atomic mass is 9.96. The van der Waals surface area contributed by atoms with Crippen molar-refractivity contribution in [2.45, 2.75) is 58.4 Å². The molecule has 0 saturated carbocycles. The maximum absolute atomic E-state index is 13.4. The van der Waals surface area contributed by atoms with Crippen LogP contribution in [-0.2, 0) is 22.6 Å². The highest BCUT2D eigenvalue weighted by molar-refractivity contribution is 6.00. The van der Waals surface area contributed by atoms with Crippen molar-refractivity contribution in [1.29, 1.82) is 0 Å². The van der Waals surface area contributed by atoms with Crippen LogP contribution in [0.3, 0.4) is 0 Å². The summed E-state index contributed by atoms with van der Waals surface area (Å²) in [5.74, 6) is 2.83. The minimum absolute atomic E-state index is 0.0495. The molecule has 8 heteroatoms. The van der Waals surface area contributed by atoms with Gasteiger partial charge in [-0.05, 0) is 31.9 Å². The van der Waals surface area contributed by atoms with Crippen molar-refractivity contribution in [3.05, 3.63) is 47.2 Å². The second-order valence-electron chi connectivity index (χ2n) is 9.48. The molecule has 2 amide bonds. The molecule has 0 bridgehead atoms. The summed E-state index contributed by atoms with van der Waals surface area (Å²) in [5, 5.41) is 0. The molecule has 5 rings (SSSR count). The van der Waals surface area contributed by atoms with Gasteiger partial charge < -0.3 is 9.47 Å². The number of hydrogen-bond acceptors (Lipinski definition) is 5. The largest absolute Gasteiger partial charge is 0.340 e. The molecule has 1 aromatic carbocycles. The first-order valence-corrected chi connectivity index (χ1v) is 11.7. The summed E-state index contributed by atoms with van der Waals surface area (Å²) in [5.41, 5.74) is 3.70. The molecule has 0 unspecified atom stereocenters. The lowest BCUT2D eigenvalue weighted by Crippen LogP contribution is -2.41. The molecule has 0 spiro atoms. The van der Waals surface area contributed by atoms with Gasteiger partial charge in [0, 0.05) is 43.2 Å². The number of piperidine rings is 1. The molecular formula is C25H30N6O2. The van der Waals surface area contributed by atoms with E-state index in [-0.39, 0.29) is 30.2 Å². The van der Waals surface area contributed by atoms with Gasteiger partial charge in [0.2, 0.25) is 11.8 Å². The van der Waals surface area contributed by atoms with E-state index < -0.39 is 0 Å². The zero-order chi connectivity index (χ0) is 23.3. The smallest absolute Gasteiger partial charge is 0.242 e. The number of carbonyl (C=O) groups excluding carboxylic acids is 2. The number of aromatic nitrogens is 4. The molecule has 2 aliphatic heterocycles. The third-order valence-corrected chi connectivity index (χ3v) is 6.86. The van der Waals surface area contributed by atoms with Crippen LogP contribution in [0.1, 0.15) is 61.4 Å². The number of likely N-dealkylation sites (N-methyl/N-ethyl adjacent to an activating group) is 1. The van der Waals surface area contributed by atoms with Crippen LogP contribution < -0.4 is 4.90 Å². The van der Waals surface area contributed by atoms with Gasteiger partial charge in [0.05, 0.1) is 17.5 Å². The molecule has 3 aromatic rings. The minimum atomic E-state index is 0.0495.